The lowest BCUT2D eigenvalue weighted by atomic mass is 9.73. The number of aliphatic hydroxyl groups is 2. The van der Waals surface area contributed by atoms with Crippen LogP contribution in [0, 0.1) is 47.3 Å². The van der Waals surface area contributed by atoms with Crippen LogP contribution in [0.15, 0.2) is 12.7 Å². The third-order valence-corrected chi connectivity index (χ3v) is 27.4. The second-order valence-electron chi connectivity index (χ2n) is 35.9. The van der Waals surface area contributed by atoms with Crippen molar-refractivity contribution in [3.8, 4) is 0 Å². The monoisotopic (exact) mass is 1700 g/mol. The molecule has 33 heteroatoms. The van der Waals surface area contributed by atoms with Gasteiger partial charge >= 0.3 is 36.1 Å². The molecule has 6 N–H and O–H groups in total. The number of alkyl carbamates (subject to hydrolysis) is 2. The van der Waals surface area contributed by atoms with E-state index in [1.165, 1.54) is 21.3 Å². The van der Waals surface area contributed by atoms with Crippen LogP contribution in [0.3, 0.4) is 0 Å². The molecule has 0 aromatic rings. The van der Waals surface area contributed by atoms with Crippen LogP contribution in [0.1, 0.15) is 210 Å². The minimum Gasteiger partial charge on any atom is -0.458 e. The van der Waals surface area contributed by atoms with Gasteiger partial charge in [0.2, 0.25) is 0 Å². The molecule has 8 heterocycles. The van der Waals surface area contributed by atoms with Gasteiger partial charge in [-0.2, -0.15) is 0 Å². The highest BCUT2D eigenvalue weighted by atomic mass is 16.7. The van der Waals surface area contributed by atoms with E-state index in [1.54, 1.807) is 90.4 Å². The number of carbonyl (C=O) groups excluding carboxylic acids is 8. The molecule has 0 aliphatic carbocycles. The molecule has 0 aromatic heterocycles. The summed E-state index contributed by atoms with van der Waals surface area (Å²) in [6.45, 7) is 45.5. The average molecular weight is 1700 g/mol. The number of methoxy groups -OCH3 is 4. The van der Waals surface area contributed by atoms with Crippen molar-refractivity contribution in [2.75, 3.05) is 62.2 Å². The van der Waals surface area contributed by atoms with Crippen molar-refractivity contribution < 1.29 is 134 Å². The van der Waals surface area contributed by atoms with Crippen molar-refractivity contribution in [1.82, 2.24) is 26.2 Å². The molecule has 0 radical (unpaired) electrons. The highest BCUT2D eigenvalue weighted by molar-refractivity contribution is 5.86. The third kappa shape index (κ3) is 22.6. The van der Waals surface area contributed by atoms with E-state index in [2.05, 4.69) is 32.7 Å². The molecule has 33 nitrogen and oxygen atoms in total. The number of Topliss-reactive ketones (excluding diaryl/α,β-unsaturated/α-hetero) is 2. The first-order chi connectivity index (χ1) is 55.7. The summed E-state index contributed by atoms with van der Waals surface area (Å²) in [7, 11) is 9.62. The number of ether oxygens (including phenoxy) is 18. The number of nitrogens with one attached hydrogen (secondary N) is 4. The van der Waals surface area contributed by atoms with Gasteiger partial charge in [-0.15, -0.1) is 0 Å². The number of hydrogen-bond donors (Lipinski definition) is 6. The zero-order valence-corrected chi connectivity index (χ0v) is 76.0. The van der Waals surface area contributed by atoms with Gasteiger partial charge in [-0.05, 0) is 149 Å². The molecule has 0 spiro atoms. The SMILES string of the molecule is C=CC(=O)OC1[C@H](C)O[C@@H](O[C@H]2[C@H](C)[C@@H](O[C@@H]3O[C@H](C)C[C@H](NC)[C@H]3O)[C@](C)(OC)C[C@@H](C)C(=O)[C@H](C)[C@H]3NC(=O)O[C@]3(C)[C@@H](CC)OC(=O)[C@@H]2C)C[C@@]1(C)OC.CC[C@H]1OC(=O)[C@H](C)[C@@H](O[C@H]2C[C@@](C)(OC)C(OC(=O)CCN(CC)CC)[C@H](C)O2)[C@H](C)[C@@H](O[C@@H]2O[C@H](C)C[C@H](NC)[C@H]2O)[C@](C)(OC)C[C@@H](C)C(=O)[C@H](C)[C@H]2NC(=O)O[C@@]21C. The van der Waals surface area contributed by atoms with Gasteiger partial charge in [0.1, 0.15) is 47.2 Å². The second kappa shape index (κ2) is 42.2. The first-order valence-corrected chi connectivity index (χ1v) is 43.1. The van der Waals surface area contributed by atoms with E-state index < -0.39 is 222 Å². The van der Waals surface area contributed by atoms with Gasteiger partial charge in [0.05, 0.1) is 90.4 Å². The largest absolute Gasteiger partial charge is 0.458 e. The van der Waals surface area contributed by atoms with Crippen LogP contribution in [0.5, 0.6) is 0 Å². The summed E-state index contributed by atoms with van der Waals surface area (Å²) in [6.07, 6.45) is -13.8. The van der Waals surface area contributed by atoms with Crippen molar-refractivity contribution in [1.29, 1.82) is 0 Å². The Labute approximate surface area is 705 Å². The lowest BCUT2D eigenvalue weighted by Crippen LogP contribution is -2.62. The number of likely N-dealkylation sites (N-methyl/N-ethyl adjacent to an activating group) is 2. The van der Waals surface area contributed by atoms with E-state index in [4.69, 9.17) is 85.3 Å². The summed E-state index contributed by atoms with van der Waals surface area (Å²) in [5, 5.41) is 35.1. The second-order valence-corrected chi connectivity index (χ2v) is 35.9. The van der Waals surface area contributed by atoms with Crippen molar-refractivity contribution in [3.63, 3.8) is 0 Å². The van der Waals surface area contributed by atoms with Crippen LogP contribution in [0.4, 0.5) is 9.59 Å². The number of cyclic esters (lactones) is 2. The summed E-state index contributed by atoms with van der Waals surface area (Å²) in [5.41, 5.74) is -7.40. The highest BCUT2D eigenvalue weighted by Gasteiger charge is 2.62. The Kier molecular flexibility index (Phi) is 35.8. The molecule has 0 saturated carbocycles. The summed E-state index contributed by atoms with van der Waals surface area (Å²) in [6, 6.07) is -2.33. The van der Waals surface area contributed by atoms with Gasteiger partial charge in [-0.25, -0.2) is 14.4 Å². The van der Waals surface area contributed by atoms with Crippen molar-refractivity contribution in [2.45, 2.75) is 378 Å². The third-order valence-electron chi connectivity index (χ3n) is 27.4. The maximum Gasteiger partial charge on any atom is 0.408 e. The fourth-order valence-electron chi connectivity index (χ4n) is 19.9. The number of amides is 2. The first-order valence-electron chi connectivity index (χ1n) is 43.1. The molecule has 684 valence electrons. The Balaban J connectivity index is 0.000000329. The van der Waals surface area contributed by atoms with Gasteiger partial charge in [-0.3, -0.25) is 24.0 Å². The van der Waals surface area contributed by atoms with Gasteiger partial charge in [0.25, 0.3) is 0 Å². The number of fused-ring (bicyclic) bond motifs is 2. The maximum absolute atomic E-state index is 14.6. The van der Waals surface area contributed by atoms with Crippen molar-refractivity contribution >= 4 is 47.6 Å². The fourth-order valence-corrected chi connectivity index (χ4v) is 19.9. The average Bonchev–Trinajstić information content (AvgIpc) is 1.68. The van der Waals surface area contributed by atoms with E-state index in [-0.39, 0.29) is 86.8 Å². The number of hydrogen-bond acceptors (Lipinski definition) is 31. The standard InChI is InChI=1S/C45H79N3O14.C41H68N2O14/c1-16-31-45(12)37(47-42(53)62-45)26(6)34(50)24(4)22-43(10,54-14)38(61-41-35(51)30(46-13)21-25(5)56-41)27(7)36(28(8)40(52)58-31)60-33-23-44(11,55-15)39(29(9)57-33)59-32(49)19-20-48(17-2)18-3;1-15-27-41(11)33(43-38(48)57-41)22(5)30(45)20(3)18-39(9,49-13)34(56-37-31(46)26(42-12)17-21(4)51-37)23(6)32(24(7)36(47)53-27)55-29-19-40(10,50-14)35(25(8)52-29)54-28(44)16-2/h24-31,33,35-39,41,46,51H,16-23H2,1-15H3,(H,47,53);16,20-27,29,31-35,37,42,46H,2,15,17-19H2,1,3-14H3,(H,43,48)/t24-,25-,26+,27+,28-,29+,30+,31-,33+,35-,36+,37-,38-,39?,41+,43-,44-,45-;20-,21-,22+,23+,24-,25+,26+,27-,29+,31-,32+,33-,34-,35?,37+,39-,40-,41-/m11/s1. The van der Waals surface area contributed by atoms with E-state index in [9.17, 15) is 48.6 Å². The fraction of sp³-hybridized carbons (Fsp3) is 0.884. The Morgan fingerprint density at radius 3 is 1.19 bits per heavy atom. The van der Waals surface area contributed by atoms with Crippen molar-refractivity contribution in [3.05, 3.63) is 12.7 Å². The van der Waals surface area contributed by atoms with E-state index in [0.29, 0.717) is 19.4 Å². The number of rotatable bonds is 24. The summed E-state index contributed by atoms with van der Waals surface area (Å²) >= 11 is 0. The number of aliphatic hydroxyl groups excluding tert-OH is 2. The highest BCUT2D eigenvalue weighted by Crippen LogP contribution is 2.47. The van der Waals surface area contributed by atoms with E-state index >= 15 is 0 Å². The normalized spacial score (nSPS) is 44.8. The van der Waals surface area contributed by atoms with Crippen LogP contribution < -0.4 is 21.3 Å². The number of ketones is 2. The predicted octanol–water partition coefficient (Wildman–Crippen LogP) is 7.73. The summed E-state index contributed by atoms with van der Waals surface area (Å²) in [4.78, 5) is 111. The van der Waals surface area contributed by atoms with E-state index in [1.807, 2.05) is 83.1 Å². The lowest BCUT2D eigenvalue weighted by molar-refractivity contribution is -0.318. The lowest BCUT2D eigenvalue weighted by Gasteiger charge is -2.50. The number of esters is 4. The topological polar surface area (TPSA) is 395 Å². The summed E-state index contributed by atoms with van der Waals surface area (Å²) < 4.78 is 114. The number of carbonyl (C=O) groups is 8. The molecule has 2 unspecified atom stereocenters. The molecule has 8 rings (SSSR count). The summed E-state index contributed by atoms with van der Waals surface area (Å²) in [5.74, 6) is -8.85. The Morgan fingerprint density at radius 1 is 0.513 bits per heavy atom. The quantitative estimate of drug-likeness (QED) is 0.0306. The number of nitrogens with zero attached hydrogens (tertiary/aromatic N) is 1. The molecule has 36 atom stereocenters. The zero-order chi connectivity index (χ0) is 89.3. The Bertz CT molecular complexity index is 3400. The van der Waals surface area contributed by atoms with Gasteiger partial charge in [-0.1, -0.05) is 75.8 Å². The maximum atomic E-state index is 14.6. The minimum atomic E-state index is -1.38. The molecule has 0 aromatic carbocycles. The van der Waals surface area contributed by atoms with Crippen LogP contribution in [0.2, 0.25) is 0 Å². The Hall–Kier alpha value is -5.18. The smallest absolute Gasteiger partial charge is 0.408 e. The van der Waals surface area contributed by atoms with Crippen LogP contribution >= 0.6 is 0 Å². The van der Waals surface area contributed by atoms with Crippen LogP contribution in [0.25, 0.3) is 0 Å². The zero-order valence-electron chi connectivity index (χ0n) is 76.0. The van der Waals surface area contributed by atoms with E-state index in [0.717, 1.165) is 19.2 Å². The molecule has 8 aliphatic rings. The molecule has 2 amide bonds. The van der Waals surface area contributed by atoms with Crippen LogP contribution in [-0.4, -0.2) is 293 Å². The molecular weight excluding hydrogens is 1550 g/mol. The van der Waals surface area contributed by atoms with Crippen molar-refractivity contribution in [2.24, 2.45) is 47.3 Å². The molecule has 0 bridgehead atoms. The van der Waals surface area contributed by atoms with Gasteiger partial charge in [0.15, 0.2) is 48.6 Å². The molecule has 119 heavy (non-hydrogen) atoms. The molecule has 8 aliphatic heterocycles. The molecular formula is C86H147N5O28. The predicted molar refractivity (Wildman–Crippen MR) is 434 cm³/mol. The van der Waals surface area contributed by atoms with Crippen LogP contribution in [-0.2, 0) is 114 Å². The minimum absolute atomic E-state index is 0.0924. The van der Waals surface area contributed by atoms with Gasteiger partial charge < -0.3 is 122 Å². The van der Waals surface area contributed by atoms with Gasteiger partial charge in [0, 0.05) is 101 Å². The first kappa shape index (κ1) is 101. The molecule has 8 saturated heterocycles. The Morgan fingerprint density at radius 2 is 0.866 bits per heavy atom. The molecule has 8 fully saturated rings.